The lowest BCUT2D eigenvalue weighted by Crippen LogP contribution is -2.10. The number of nitrogens with zero attached hydrogens (tertiary/aromatic N) is 2. The fourth-order valence-corrected chi connectivity index (χ4v) is 3.58. The Hall–Kier alpha value is -2.25. The minimum absolute atomic E-state index is 0. The molecule has 2 aromatic heterocycles. The number of aromatic nitrogens is 2. The number of fused-ring (bicyclic) bond motifs is 1. The van der Waals surface area contributed by atoms with Gasteiger partial charge in [-0.05, 0) is 30.2 Å². The highest BCUT2D eigenvalue weighted by molar-refractivity contribution is 7.20. The van der Waals surface area contributed by atoms with Gasteiger partial charge in [0.15, 0.2) is 0 Å². The zero-order chi connectivity index (χ0) is 17.4. The molecule has 0 aliphatic carbocycles. The van der Waals surface area contributed by atoms with Crippen LogP contribution in [0.1, 0.15) is 35.1 Å². The third-order valence-corrected chi connectivity index (χ3v) is 5.00. The second-order valence-electron chi connectivity index (χ2n) is 5.90. The molecule has 6 nitrogen and oxygen atoms in total. The quantitative estimate of drug-likeness (QED) is 0.669. The Morgan fingerprint density at radius 2 is 2.08 bits per heavy atom. The number of thiophene rings is 1. The van der Waals surface area contributed by atoms with Gasteiger partial charge in [0.1, 0.15) is 10.6 Å². The number of methoxy groups -OCH3 is 1. The van der Waals surface area contributed by atoms with Gasteiger partial charge in [-0.2, -0.15) is 5.10 Å². The molecule has 0 saturated heterocycles. The zero-order valence-electron chi connectivity index (χ0n) is 14.5. The van der Waals surface area contributed by atoms with E-state index in [9.17, 15) is 4.79 Å². The van der Waals surface area contributed by atoms with Crippen molar-refractivity contribution in [3.8, 4) is 5.75 Å². The molecule has 0 bridgehead atoms. The summed E-state index contributed by atoms with van der Waals surface area (Å²) < 4.78 is 6.95. The van der Waals surface area contributed by atoms with Crippen molar-refractivity contribution in [2.45, 2.75) is 19.8 Å². The van der Waals surface area contributed by atoms with Crippen LogP contribution in [0.5, 0.6) is 5.75 Å². The number of rotatable bonds is 4. The van der Waals surface area contributed by atoms with Crippen LogP contribution in [0.3, 0.4) is 0 Å². The van der Waals surface area contributed by atoms with Gasteiger partial charge in [0.05, 0.1) is 23.4 Å². The number of ether oxygens (including phenoxy) is 1. The third kappa shape index (κ3) is 3.57. The highest BCUT2D eigenvalue weighted by Crippen LogP contribution is 2.32. The number of benzene rings is 1. The van der Waals surface area contributed by atoms with E-state index < -0.39 is 0 Å². The predicted molar refractivity (Wildman–Crippen MR) is 105 cm³/mol. The average molecular weight is 381 g/mol. The molecule has 0 fully saturated rings. The van der Waals surface area contributed by atoms with Crippen LogP contribution in [0.4, 0.5) is 11.4 Å². The van der Waals surface area contributed by atoms with E-state index in [4.69, 9.17) is 10.5 Å². The van der Waals surface area contributed by atoms with E-state index in [0.29, 0.717) is 27.9 Å². The van der Waals surface area contributed by atoms with Crippen molar-refractivity contribution in [3.63, 3.8) is 0 Å². The van der Waals surface area contributed by atoms with E-state index in [0.717, 1.165) is 15.9 Å². The Balaban J connectivity index is 0.00000225. The first kappa shape index (κ1) is 19.1. The second-order valence-corrected chi connectivity index (χ2v) is 6.93. The SMILES string of the molecule is COc1ccc(NC(=O)c2cc3c(C(C)C)nn(C)c3s2)cc1N.Cl. The molecule has 0 saturated carbocycles. The minimum Gasteiger partial charge on any atom is -0.495 e. The van der Waals surface area contributed by atoms with Crippen molar-refractivity contribution in [1.82, 2.24) is 9.78 Å². The number of hydrogen-bond donors (Lipinski definition) is 2. The Morgan fingerprint density at radius 1 is 1.36 bits per heavy atom. The maximum atomic E-state index is 12.5. The smallest absolute Gasteiger partial charge is 0.265 e. The van der Waals surface area contributed by atoms with Gasteiger partial charge in [-0.25, -0.2) is 0 Å². The molecule has 3 aromatic rings. The molecule has 134 valence electrons. The summed E-state index contributed by atoms with van der Waals surface area (Å²) in [5.41, 5.74) is 8.01. The van der Waals surface area contributed by atoms with Crippen molar-refractivity contribution in [3.05, 3.63) is 34.8 Å². The molecule has 8 heteroatoms. The molecule has 0 radical (unpaired) electrons. The minimum atomic E-state index is -0.157. The van der Waals surface area contributed by atoms with Crippen molar-refractivity contribution in [2.24, 2.45) is 7.05 Å². The van der Waals surface area contributed by atoms with Gasteiger partial charge in [0.2, 0.25) is 0 Å². The van der Waals surface area contributed by atoms with E-state index in [1.807, 2.05) is 17.8 Å². The van der Waals surface area contributed by atoms with E-state index >= 15 is 0 Å². The van der Waals surface area contributed by atoms with Crippen LogP contribution >= 0.6 is 23.7 Å². The van der Waals surface area contributed by atoms with Crippen LogP contribution in [0, 0.1) is 0 Å². The molecule has 0 spiro atoms. The number of carbonyl (C=O) groups excluding carboxylic acids is 1. The van der Waals surface area contributed by atoms with Crippen LogP contribution in [-0.4, -0.2) is 22.8 Å². The highest BCUT2D eigenvalue weighted by Gasteiger charge is 2.18. The number of anilines is 2. The van der Waals surface area contributed by atoms with E-state index in [1.165, 1.54) is 11.3 Å². The van der Waals surface area contributed by atoms with Gasteiger partial charge in [-0.1, -0.05) is 13.8 Å². The molecule has 0 atom stereocenters. The predicted octanol–water partition coefficient (Wildman–Crippen LogP) is 4.02. The van der Waals surface area contributed by atoms with Gasteiger partial charge in [-0.3, -0.25) is 9.48 Å². The molecule has 2 heterocycles. The molecule has 25 heavy (non-hydrogen) atoms. The van der Waals surface area contributed by atoms with Crippen LogP contribution < -0.4 is 15.8 Å². The molecule has 0 aliphatic rings. The van der Waals surface area contributed by atoms with E-state index in [-0.39, 0.29) is 18.3 Å². The van der Waals surface area contributed by atoms with Crippen LogP contribution in [0.15, 0.2) is 24.3 Å². The molecule has 3 N–H and O–H groups in total. The number of carbonyl (C=O) groups is 1. The fraction of sp³-hybridized carbons (Fsp3) is 0.294. The summed E-state index contributed by atoms with van der Waals surface area (Å²) in [6.45, 7) is 4.19. The molecular formula is C17H21ClN4O2S. The largest absolute Gasteiger partial charge is 0.495 e. The number of hydrogen-bond acceptors (Lipinski definition) is 5. The molecule has 3 rings (SSSR count). The number of nitrogen functional groups attached to an aromatic ring is 1. The van der Waals surface area contributed by atoms with Gasteiger partial charge in [-0.15, -0.1) is 23.7 Å². The maximum Gasteiger partial charge on any atom is 0.265 e. The number of aryl methyl sites for hydroxylation is 1. The normalized spacial score (nSPS) is 10.8. The monoisotopic (exact) mass is 380 g/mol. The maximum absolute atomic E-state index is 12.5. The summed E-state index contributed by atoms with van der Waals surface area (Å²) in [6.07, 6.45) is 0. The number of amides is 1. The van der Waals surface area contributed by atoms with Crippen LogP contribution in [0.25, 0.3) is 10.2 Å². The zero-order valence-corrected chi connectivity index (χ0v) is 16.1. The summed E-state index contributed by atoms with van der Waals surface area (Å²) in [7, 11) is 3.46. The lowest BCUT2D eigenvalue weighted by atomic mass is 10.1. The third-order valence-electron chi connectivity index (χ3n) is 3.80. The standard InChI is InChI=1S/C17H20N4O2S.ClH/c1-9(2)15-11-8-14(24-17(11)21(3)20-15)16(22)19-10-5-6-13(23-4)12(18)7-10;/h5-9H,18H2,1-4H3,(H,19,22);1H. The molecule has 1 aromatic carbocycles. The van der Waals surface area contributed by atoms with Crippen molar-refractivity contribution >= 4 is 51.2 Å². The van der Waals surface area contributed by atoms with Gasteiger partial charge >= 0.3 is 0 Å². The Morgan fingerprint density at radius 3 is 2.68 bits per heavy atom. The Kier molecular flexibility index (Phi) is 5.59. The number of halogens is 1. The number of nitrogens with one attached hydrogen (secondary N) is 1. The highest BCUT2D eigenvalue weighted by atomic mass is 35.5. The summed E-state index contributed by atoms with van der Waals surface area (Å²) in [4.78, 5) is 14.2. The summed E-state index contributed by atoms with van der Waals surface area (Å²) in [5.74, 6) is 0.735. The van der Waals surface area contributed by atoms with Crippen LogP contribution in [-0.2, 0) is 7.05 Å². The van der Waals surface area contributed by atoms with Crippen LogP contribution in [0.2, 0.25) is 0 Å². The fourth-order valence-electron chi connectivity index (χ4n) is 2.61. The first-order valence-electron chi connectivity index (χ1n) is 7.62. The lowest BCUT2D eigenvalue weighted by molar-refractivity contribution is 0.103. The second kappa shape index (κ2) is 7.33. The topological polar surface area (TPSA) is 82.2 Å². The average Bonchev–Trinajstić information content (AvgIpc) is 3.08. The Bertz CT molecular complexity index is 917. The Labute approximate surface area is 156 Å². The summed E-state index contributed by atoms with van der Waals surface area (Å²) in [6, 6.07) is 7.09. The van der Waals surface area contributed by atoms with E-state index in [2.05, 4.69) is 24.3 Å². The first-order valence-corrected chi connectivity index (χ1v) is 8.43. The molecule has 1 amide bonds. The lowest BCUT2D eigenvalue weighted by Gasteiger charge is -2.08. The summed E-state index contributed by atoms with van der Waals surface area (Å²) >= 11 is 1.43. The van der Waals surface area contributed by atoms with E-state index in [1.54, 1.807) is 25.3 Å². The van der Waals surface area contributed by atoms with Gasteiger partial charge in [0, 0.05) is 18.1 Å². The number of nitrogens with two attached hydrogens (primary N) is 1. The molecular weight excluding hydrogens is 360 g/mol. The molecule has 0 unspecified atom stereocenters. The van der Waals surface area contributed by atoms with Crippen molar-refractivity contribution < 1.29 is 9.53 Å². The van der Waals surface area contributed by atoms with Gasteiger partial charge < -0.3 is 15.8 Å². The summed E-state index contributed by atoms with van der Waals surface area (Å²) in [5, 5.41) is 8.44. The van der Waals surface area contributed by atoms with Gasteiger partial charge in [0.25, 0.3) is 5.91 Å². The molecule has 0 aliphatic heterocycles. The van der Waals surface area contributed by atoms with Crippen molar-refractivity contribution in [2.75, 3.05) is 18.2 Å². The first-order chi connectivity index (χ1) is 11.4. The van der Waals surface area contributed by atoms with Crippen molar-refractivity contribution in [1.29, 1.82) is 0 Å².